The Labute approximate surface area is 276 Å². The first kappa shape index (κ1) is 32.6. The van der Waals surface area contributed by atoms with Gasteiger partial charge in [-0.15, -0.1) is 0 Å². The molecule has 0 nitrogen and oxygen atoms in total. The van der Waals surface area contributed by atoms with Gasteiger partial charge < -0.3 is 0 Å². The van der Waals surface area contributed by atoms with Crippen molar-refractivity contribution in [1.82, 2.24) is 0 Å². The summed E-state index contributed by atoms with van der Waals surface area (Å²) >= 11 is 0. The normalized spacial score (nSPS) is 34.1. The molecular formula is C45H62. The van der Waals surface area contributed by atoms with Crippen LogP contribution in [-0.2, 0) is 0 Å². The van der Waals surface area contributed by atoms with Crippen molar-refractivity contribution in [2.24, 2.45) is 34.0 Å². The first-order valence-electron chi connectivity index (χ1n) is 18.5. The summed E-state index contributed by atoms with van der Waals surface area (Å²) in [5.41, 5.74) is 15.4. The van der Waals surface area contributed by atoms with Crippen LogP contribution in [0.1, 0.15) is 148 Å². The number of rotatable bonds is 7. The fourth-order valence-electron chi connectivity index (χ4n) is 12.2. The molecule has 0 N–H and O–H groups in total. The maximum absolute atomic E-state index is 5.02. The van der Waals surface area contributed by atoms with E-state index in [0.717, 1.165) is 24.3 Å². The molecule has 0 heteroatoms. The number of fused-ring (bicyclic) bond motifs is 3. The molecular weight excluding hydrogens is 540 g/mol. The van der Waals surface area contributed by atoms with Gasteiger partial charge in [-0.05, 0) is 134 Å². The predicted molar refractivity (Wildman–Crippen MR) is 196 cm³/mol. The highest BCUT2D eigenvalue weighted by molar-refractivity contribution is 5.87. The lowest BCUT2D eigenvalue weighted by Gasteiger charge is -2.68. The lowest BCUT2D eigenvalue weighted by Crippen LogP contribution is -2.59. The maximum Gasteiger partial charge on any atom is 0.0197 e. The third-order valence-electron chi connectivity index (χ3n) is 14.7. The van der Waals surface area contributed by atoms with Crippen LogP contribution in [0.3, 0.4) is 0 Å². The first-order valence-corrected chi connectivity index (χ1v) is 18.5. The molecule has 0 saturated heterocycles. The highest BCUT2D eigenvalue weighted by Crippen LogP contribution is 2.76. The third-order valence-corrected chi connectivity index (χ3v) is 14.7. The number of allylic oxidation sites excluding steroid dienone is 8. The summed E-state index contributed by atoms with van der Waals surface area (Å²) in [6, 6.07) is 7.13. The van der Waals surface area contributed by atoms with E-state index in [4.69, 9.17) is 19.7 Å². The van der Waals surface area contributed by atoms with Crippen LogP contribution in [-0.4, -0.2) is 0 Å². The molecule has 0 radical (unpaired) electrons. The number of hydrogen-bond acceptors (Lipinski definition) is 0. The lowest BCUT2D eigenvalue weighted by molar-refractivity contribution is -0.0422. The van der Waals surface area contributed by atoms with Crippen molar-refractivity contribution < 1.29 is 0 Å². The summed E-state index contributed by atoms with van der Waals surface area (Å²) in [7, 11) is 0. The van der Waals surface area contributed by atoms with Gasteiger partial charge in [0.05, 0.1) is 0 Å². The molecule has 5 atom stereocenters. The molecule has 5 aliphatic rings. The Morgan fingerprint density at radius 1 is 0.867 bits per heavy atom. The number of benzene rings is 1. The highest BCUT2D eigenvalue weighted by atomic mass is 14.7. The Hall–Kier alpha value is -2.34. The minimum Gasteiger partial charge on any atom is -0.0996 e. The molecule has 1 aromatic rings. The summed E-state index contributed by atoms with van der Waals surface area (Å²) in [5.74, 6) is 2.48. The fourth-order valence-corrected chi connectivity index (χ4v) is 12.2. The van der Waals surface area contributed by atoms with Crippen LogP contribution < -0.4 is 0 Å². The van der Waals surface area contributed by atoms with Crippen molar-refractivity contribution in [2.75, 3.05) is 0 Å². The van der Waals surface area contributed by atoms with Gasteiger partial charge in [-0.25, -0.2) is 0 Å². The minimum absolute atomic E-state index is 0.0142. The monoisotopic (exact) mass is 602 g/mol. The van der Waals surface area contributed by atoms with Crippen LogP contribution in [0, 0.1) is 40.9 Å². The SMILES string of the molecule is C=C(C)C1=C(C)C[C@@]2(C)[C@H](CC(=C)C3CCCCC3)[C@]3(C)C(=C(C)[C@@]2(C)C1=C)C(=C)c1c(C)cccc1[C@H]3CCC1CCCC1. The van der Waals surface area contributed by atoms with Crippen molar-refractivity contribution in [3.8, 4) is 0 Å². The average Bonchev–Trinajstić information content (AvgIpc) is 3.51. The van der Waals surface area contributed by atoms with E-state index < -0.39 is 0 Å². The predicted octanol–water partition coefficient (Wildman–Crippen LogP) is 13.4. The van der Waals surface area contributed by atoms with Crippen LogP contribution in [0.5, 0.6) is 0 Å². The van der Waals surface area contributed by atoms with Crippen LogP contribution in [0.2, 0.25) is 0 Å². The first-order chi connectivity index (χ1) is 21.3. The quantitative estimate of drug-likeness (QED) is 0.272. The van der Waals surface area contributed by atoms with Crippen molar-refractivity contribution in [2.45, 2.75) is 138 Å². The summed E-state index contributed by atoms with van der Waals surface area (Å²) in [6.45, 7) is 36.7. The molecule has 0 amide bonds. The Morgan fingerprint density at radius 2 is 1.51 bits per heavy atom. The smallest absolute Gasteiger partial charge is 0.0197 e. The van der Waals surface area contributed by atoms with Gasteiger partial charge in [-0.3, -0.25) is 0 Å². The van der Waals surface area contributed by atoms with Gasteiger partial charge in [0.2, 0.25) is 0 Å². The zero-order chi connectivity index (χ0) is 32.5. The van der Waals surface area contributed by atoms with Crippen molar-refractivity contribution in [1.29, 1.82) is 0 Å². The van der Waals surface area contributed by atoms with Crippen LogP contribution in [0.4, 0.5) is 0 Å². The van der Waals surface area contributed by atoms with Crippen LogP contribution >= 0.6 is 0 Å². The van der Waals surface area contributed by atoms with E-state index in [-0.39, 0.29) is 16.2 Å². The van der Waals surface area contributed by atoms with Crippen molar-refractivity contribution >= 4 is 5.57 Å². The Morgan fingerprint density at radius 3 is 2.16 bits per heavy atom. The van der Waals surface area contributed by atoms with Crippen LogP contribution in [0.15, 0.2) is 83.5 Å². The third kappa shape index (κ3) is 4.73. The second-order valence-electron chi connectivity index (χ2n) is 17.0. The Balaban J connectivity index is 1.61. The molecule has 2 fully saturated rings. The van der Waals surface area contributed by atoms with Gasteiger partial charge in [0, 0.05) is 10.8 Å². The van der Waals surface area contributed by atoms with E-state index >= 15 is 0 Å². The van der Waals surface area contributed by atoms with Gasteiger partial charge in [0.1, 0.15) is 0 Å². The summed E-state index contributed by atoms with van der Waals surface area (Å²) in [6.07, 6.45) is 17.3. The summed E-state index contributed by atoms with van der Waals surface area (Å²) in [4.78, 5) is 0. The summed E-state index contributed by atoms with van der Waals surface area (Å²) in [5, 5.41) is 0. The van der Waals surface area contributed by atoms with E-state index in [1.807, 2.05) is 0 Å². The van der Waals surface area contributed by atoms with Gasteiger partial charge >= 0.3 is 0 Å². The molecule has 242 valence electrons. The molecule has 5 aliphatic carbocycles. The number of aryl methyl sites for hydroxylation is 1. The molecule has 0 heterocycles. The van der Waals surface area contributed by atoms with Gasteiger partial charge in [-0.1, -0.05) is 133 Å². The molecule has 0 bridgehead atoms. The number of hydrogen-bond donors (Lipinski definition) is 0. The van der Waals surface area contributed by atoms with Gasteiger partial charge in [0.15, 0.2) is 0 Å². The molecule has 0 aromatic heterocycles. The zero-order valence-corrected chi connectivity index (χ0v) is 30.1. The van der Waals surface area contributed by atoms with Crippen LogP contribution in [0.25, 0.3) is 5.57 Å². The molecule has 2 saturated carbocycles. The van der Waals surface area contributed by atoms with Crippen molar-refractivity contribution in [3.05, 3.63) is 100 Å². The second-order valence-corrected chi connectivity index (χ2v) is 17.0. The van der Waals surface area contributed by atoms with E-state index in [9.17, 15) is 0 Å². The molecule has 1 aromatic carbocycles. The molecule has 0 spiro atoms. The van der Waals surface area contributed by atoms with E-state index in [0.29, 0.717) is 17.8 Å². The summed E-state index contributed by atoms with van der Waals surface area (Å²) < 4.78 is 0. The van der Waals surface area contributed by atoms with E-state index in [1.54, 1.807) is 11.1 Å². The Kier molecular flexibility index (Phi) is 8.49. The van der Waals surface area contributed by atoms with E-state index in [1.165, 1.54) is 115 Å². The topological polar surface area (TPSA) is 0 Å². The standard InChI is InChI=1S/C45H62/c1-28(2)40-31(5)27-43(9)39(26-30(4)36-21-13-12-14-22-36)44(10)38(25-24-35-19-15-16-20-35)37-23-17-18-29(3)41(37)32(6)42(44)34(8)45(43,11)33(40)7/h17-18,23,35-36,38-39H,1,4,6-7,12-16,19-22,24-27H2,2-3,5,8-11H3/t38-,39+,43+,44-,45-/m1/s1. The van der Waals surface area contributed by atoms with Crippen molar-refractivity contribution in [3.63, 3.8) is 0 Å². The molecule has 0 unspecified atom stereocenters. The maximum atomic E-state index is 5.02. The molecule has 0 aliphatic heterocycles. The molecule has 45 heavy (non-hydrogen) atoms. The Bertz CT molecular complexity index is 1490. The van der Waals surface area contributed by atoms with Gasteiger partial charge in [0.25, 0.3) is 0 Å². The molecule has 6 rings (SSSR count). The zero-order valence-electron chi connectivity index (χ0n) is 30.1. The fraction of sp³-hybridized carbons (Fsp3) is 0.600. The largest absolute Gasteiger partial charge is 0.0996 e. The van der Waals surface area contributed by atoms with Gasteiger partial charge in [-0.2, -0.15) is 0 Å². The second kappa shape index (κ2) is 11.7. The lowest BCUT2D eigenvalue weighted by atomic mass is 9.35. The highest BCUT2D eigenvalue weighted by Gasteiger charge is 2.66. The average molecular weight is 603 g/mol. The van der Waals surface area contributed by atoms with E-state index in [2.05, 4.69) is 73.2 Å². The minimum atomic E-state index is -0.174.